The molecule has 8 heteroatoms. The van der Waals surface area contributed by atoms with Gasteiger partial charge in [-0.25, -0.2) is 13.9 Å². The molecule has 5 rings (SSSR count). The van der Waals surface area contributed by atoms with Gasteiger partial charge in [-0.1, -0.05) is 23.7 Å². The lowest BCUT2D eigenvalue weighted by molar-refractivity contribution is 0.130. The summed E-state index contributed by atoms with van der Waals surface area (Å²) in [5.74, 6) is 0.849. The Hall–Kier alpha value is -1.99. The fourth-order valence-electron chi connectivity index (χ4n) is 5.13. The molecule has 3 atom stereocenters. The van der Waals surface area contributed by atoms with Crippen molar-refractivity contribution in [1.82, 2.24) is 29.7 Å². The number of nitrogens with zero attached hydrogens (tertiary/aromatic N) is 5. The highest BCUT2D eigenvalue weighted by molar-refractivity contribution is 6.30. The van der Waals surface area contributed by atoms with Crippen LogP contribution in [0.3, 0.4) is 0 Å². The Balaban J connectivity index is 1.30. The molecule has 0 spiro atoms. The zero-order valence-electron chi connectivity index (χ0n) is 16.8. The molecule has 3 aromatic rings. The number of aromatic nitrogens is 5. The number of nitrogens with one attached hydrogen (secondary N) is 1. The van der Waals surface area contributed by atoms with E-state index in [1.807, 2.05) is 12.3 Å². The molecule has 1 N–H and O–H groups in total. The molecule has 4 heterocycles. The second-order valence-corrected chi connectivity index (χ2v) is 9.36. The van der Waals surface area contributed by atoms with E-state index in [-0.39, 0.29) is 11.8 Å². The number of fused-ring (bicyclic) bond motifs is 3. The van der Waals surface area contributed by atoms with Crippen LogP contribution >= 0.6 is 11.6 Å². The van der Waals surface area contributed by atoms with Gasteiger partial charge in [0.1, 0.15) is 23.2 Å². The summed E-state index contributed by atoms with van der Waals surface area (Å²) in [6, 6.07) is 2.04. The molecule has 1 fully saturated rings. The zero-order valence-corrected chi connectivity index (χ0v) is 17.5. The van der Waals surface area contributed by atoms with Gasteiger partial charge >= 0.3 is 0 Å². The van der Waals surface area contributed by atoms with Gasteiger partial charge in [0.25, 0.3) is 0 Å². The minimum atomic E-state index is -1.28. The van der Waals surface area contributed by atoms with Crippen LogP contribution < -0.4 is 0 Å². The lowest BCUT2D eigenvalue weighted by atomic mass is 9.78. The molecular formula is C21H26ClFN6. The zero-order chi connectivity index (χ0) is 20.2. The Morgan fingerprint density at radius 2 is 2.14 bits per heavy atom. The molecule has 3 unspecified atom stereocenters. The van der Waals surface area contributed by atoms with E-state index in [9.17, 15) is 4.39 Å². The van der Waals surface area contributed by atoms with E-state index in [1.165, 1.54) is 0 Å². The van der Waals surface area contributed by atoms with Gasteiger partial charge in [0.15, 0.2) is 0 Å². The van der Waals surface area contributed by atoms with E-state index in [0.717, 1.165) is 54.7 Å². The minimum absolute atomic E-state index is 0.220. The van der Waals surface area contributed by atoms with E-state index in [0.29, 0.717) is 17.4 Å². The number of piperidine rings is 1. The summed E-state index contributed by atoms with van der Waals surface area (Å²) in [7, 11) is 0. The molecule has 0 aromatic carbocycles. The molecule has 29 heavy (non-hydrogen) atoms. The van der Waals surface area contributed by atoms with Crippen molar-refractivity contribution < 1.29 is 4.39 Å². The van der Waals surface area contributed by atoms with Crippen LogP contribution in [0.2, 0.25) is 0 Å². The van der Waals surface area contributed by atoms with Crippen molar-refractivity contribution >= 4 is 28.2 Å². The van der Waals surface area contributed by atoms with E-state index in [1.54, 1.807) is 23.8 Å². The first-order chi connectivity index (χ1) is 13.9. The highest BCUT2D eigenvalue weighted by Gasteiger charge is 2.37. The van der Waals surface area contributed by atoms with Gasteiger partial charge in [-0.05, 0) is 57.3 Å². The quantitative estimate of drug-likeness (QED) is 0.691. The van der Waals surface area contributed by atoms with Crippen LogP contribution in [0.15, 0.2) is 29.7 Å². The first kappa shape index (κ1) is 19.0. The highest BCUT2D eigenvalue weighted by atomic mass is 35.5. The molecular weight excluding hydrogens is 391 g/mol. The monoisotopic (exact) mass is 416 g/mol. The molecule has 1 aliphatic heterocycles. The number of rotatable bonds is 3. The standard InChI is InChI=1S/C21H26ClFN6/c1-13-9-21(2,23)10-17(22)16(13)11-28-7-4-14(5-8-28)18-19-15-3-6-24-20(15)25-12-29(19)27-26-18/h3,6,10,12-14,16,24H,4-5,7-9,11H2,1-2H3. The van der Waals surface area contributed by atoms with Crippen molar-refractivity contribution in [1.29, 1.82) is 0 Å². The number of halogens is 2. The number of H-pyrrole nitrogens is 1. The third kappa shape index (κ3) is 3.44. The molecule has 0 radical (unpaired) electrons. The lowest BCUT2D eigenvalue weighted by Crippen LogP contribution is -2.41. The van der Waals surface area contributed by atoms with Crippen molar-refractivity contribution in [3.63, 3.8) is 0 Å². The average molecular weight is 417 g/mol. The molecule has 1 saturated heterocycles. The van der Waals surface area contributed by atoms with Crippen molar-refractivity contribution in [2.75, 3.05) is 19.6 Å². The first-order valence-electron chi connectivity index (χ1n) is 10.4. The van der Waals surface area contributed by atoms with Crippen LogP contribution in [0.1, 0.15) is 44.7 Å². The predicted octanol–water partition coefficient (Wildman–Crippen LogP) is 4.29. The number of allylic oxidation sites excluding steroid dienone is 1. The summed E-state index contributed by atoms with van der Waals surface area (Å²) in [6.45, 7) is 6.61. The van der Waals surface area contributed by atoms with Crippen LogP contribution in [0.5, 0.6) is 0 Å². The third-order valence-electron chi connectivity index (χ3n) is 6.63. The Bertz CT molecular complexity index is 1060. The second-order valence-electron chi connectivity index (χ2n) is 8.92. The SMILES string of the molecule is CC1CC(C)(F)C=C(Cl)C1CN1CCC(c2nnn3cnc4[nH]ccc4c23)CC1. The highest BCUT2D eigenvalue weighted by Crippen LogP contribution is 2.40. The minimum Gasteiger partial charge on any atom is -0.346 e. The van der Waals surface area contributed by atoms with Gasteiger partial charge in [0.2, 0.25) is 0 Å². The number of hydrogen-bond donors (Lipinski definition) is 1. The summed E-state index contributed by atoms with van der Waals surface area (Å²) in [5.41, 5.74) is 1.71. The Kier molecular flexibility index (Phi) is 4.62. The summed E-state index contributed by atoms with van der Waals surface area (Å²) in [5, 5.41) is 10.5. The molecule has 0 bridgehead atoms. The van der Waals surface area contributed by atoms with Crippen molar-refractivity contribution in [3.05, 3.63) is 35.4 Å². The van der Waals surface area contributed by atoms with Crippen molar-refractivity contribution in [3.8, 4) is 0 Å². The normalized spacial score (nSPS) is 29.6. The fraction of sp³-hybridized carbons (Fsp3) is 0.571. The topological polar surface area (TPSA) is 62.1 Å². The molecule has 2 aliphatic rings. The Labute approximate surface area is 174 Å². The summed E-state index contributed by atoms with van der Waals surface area (Å²) >= 11 is 6.47. The van der Waals surface area contributed by atoms with Gasteiger partial charge in [0, 0.05) is 35.0 Å². The van der Waals surface area contributed by atoms with Gasteiger partial charge < -0.3 is 9.88 Å². The van der Waals surface area contributed by atoms with E-state index in [4.69, 9.17) is 11.6 Å². The molecule has 154 valence electrons. The maximum absolute atomic E-state index is 14.4. The molecule has 0 saturated carbocycles. The predicted molar refractivity (Wildman–Crippen MR) is 112 cm³/mol. The van der Waals surface area contributed by atoms with Crippen LogP contribution in [0.4, 0.5) is 4.39 Å². The van der Waals surface area contributed by atoms with Gasteiger partial charge in [-0.3, -0.25) is 0 Å². The molecule has 1 aliphatic carbocycles. The van der Waals surface area contributed by atoms with Gasteiger partial charge in [0.05, 0.1) is 5.69 Å². The number of alkyl halides is 1. The largest absolute Gasteiger partial charge is 0.346 e. The van der Waals surface area contributed by atoms with E-state index >= 15 is 0 Å². The second kappa shape index (κ2) is 7.06. The maximum Gasteiger partial charge on any atom is 0.141 e. The Morgan fingerprint density at radius 1 is 1.34 bits per heavy atom. The maximum atomic E-state index is 14.4. The van der Waals surface area contributed by atoms with Gasteiger partial charge in [-0.2, -0.15) is 0 Å². The fourth-order valence-corrected chi connectivity index (χ4v) is 5.64. The lowest BCUT2D eigenvalue weighted by Gasteiger charge is -2.39. The molecule has 3 aromatic heterocycles. The summed E-state index contributed by atoms with van der Waals surface area (Å²) in [4.78, 5) is 10.0. The number of aromatic amines is 1. The average Bonchev–Trinajstić information content (AvgIpc) is 3.30. The summed E-state index contributed by atoms with van der Waals surface area (Å²) in [6.07, 6.45) is 7.85. The van der Waals surface area contributed by atoms with E-state index in [2.05, 4.69) is 32.1 Å². The van der Waals surface area contributed by atoms with Crippen LogP contribution in [-0.4, -0.2) is 55.0 Å². The van der Waals surface area contributed by atoms with Crippen LogP contribution in [-0.2, 0) is 0 Å². The van der Waals surface area contributed by atoms with Crippen molar-refractivity contribution in [2.24, 2.45) is 11.8 Å². The molecule has 0 amide bonds. The number of hydrogen-bond acceptors (Lipinski definition) is 4. The van der Waals surface area contributed by atoms with Crippen molar-refractivity contribution in [2.45, 2.75) is 44.7 Å². The smallest absolute Gasteiger partial charge is 0.141 e. The first-order valence-corrected chi connectivity index (χ1v) is 10.8. The number of likely N-dealkylation sites (tertiary alicyclic amines) is 1. The van der Waals surface area contributed by atoms with Crippen LogP contribution in [0, 0.1) is 11.8 Å². The van der Waals surface area contributed by atoms with Crippen LogP contribution in [0.25, 0.3) is 16.6 Å². The summed E-state index contributed by atoms with van der Waals surface area (Å²) < 4.78 is 16.1. The Morgan fingerprint density at radius 3 is 2.90 bits per heavy atom. The third-order valence-corrected chi connectivity index (χ3v) is 7.02. The van der Waals surface area contributed by atoms with E-state index < -0.39 is 5.67 Å². The van der Waals surface area contributed by atoms with Gasteiger partial charge in [-0.15, -0.1) is 5.10 Å². The molecule has 6 nitrogen and oxygen atoms in total.